The lowest BCUT2D eigenvalue weighted by atomic mass is 10.1. The van der Waals surface area contributed by atoms with Crippen molar-refractivity contribution in [3.05, 3.63) is 47.0 Å². The number of hydrogen-bond donors (Lipinski definition) is 2. The van der Waals surface area contributed by atoms with Gasteiger partial charge in [-0.3, -0.25) is 0 Å². The third-order valence-electron chi connectivity index (χ3n) is 2.86. The van der Waals surface area contributed by atoms with E-state index in [2.05, 4.69) is 5.32 Å². The molecule has 0 bridgehead atoms. The predicted molar refractivity (Wildman–Crippen MR) is 80.0 cm³/mol. The van der Waals surface area contributed by atoms with Crippen LogP contribution < -0.4 is 14.8 Å². The van der Waals surface area contributed by atoms with E-state index in [0.29, 0.717) is 23.1 Å². The molecule has 0 radical (unpaired) electrons. The molecule has 106 valence electrons. The molecule has 0 aliphatic heterocycles. The second kappa shape index (κ2) is 6.39. The number of phenols is 1. The summed E-state index contributed by atoms with van der Waals surface area (Å²) in [5, 5.41) is 13.8. The summed E-state index contributed by atoms with van der Waals surface area (Å²) in [4.78, 5) is 0. The van der Waals surface area contributed by atoms with Gasteiger partial charge in [-0.2, -0.15) is 0 Å². The van der Waals surface area contributed by atoms with Crippen molar-refractivity contribution < 1.29 is 14.6 Å². The van der Waals surface area contributed by atoms with Crippen molar-refractivity contribution >= 4 is 17.3 Å². The number of benzene rings is 2. The minimum Gasteiger partial charge on any atom is -0.502 e. The molecule has 2 aromatic rings. The van der Waals surface area contributed by atoms with Crippen molar-refractivity contribution in [1.82, 2.24) is 0 Å². The van der Waals surface area contributed by atoms with Gasteiger partial charge in [-0.15, -0.1) is 0 Å². The smallest absolute Gasteiger partial charge is 0.200 e. The molecule has 20 heavy (non-hydrogen) atoms. The Bertz CT molecular complexity index is 576. The summed E-state index contributed by atoms with van der Waals surface area (Å²) in [5.74, 6) is 0.765. The van der Waals surface area contributed by atoms with E-state index in [1.54, 1.807) is 12.1 Å². The van der Waals surface area contributed by atoms with Gasteiger partial charge in [0.1, 0.15) is 0 Å². The molecule has 0 atom stereocenters. The van der Waals surface area contributed by atoms with Crippen LogP contribution in [0.15, 0.2) is 36.4 Å². The zero-order valence-electron chi connectivity index (χ0n) is 11.3. The molecule has 0 heterocycles. The summed E-state index contributed by atoms with van der Waals surface area (Å²) in [6, 6.07) is 11.0. The van der Waals surface area contributed by atoms with Gasteiger partial charge in [0.05, 0.1) is 14.2 Å². The summed E-state index contributed by atoms with van der Waals surface area (Å²) < 4.78 is 10.2. The van der Waals surface area contributed by atoms with E-state index < -0.39 is 0 Å². The Balaban J connectivity index is 2.17. The largest absolute Gasteiger partial charge is 0.502 e. The molecule has 5 heteroatoms. The zero-order chi connectivity index (χ0) is 14.5. The maximum atomic E-state index is 9.85. The maximum Gasteiger partial charge on any atom is 0.200 e. The van der Waals surface area contributed by atoms with Crippen LogP contribution in [0.3, 0.4) is 0 Å². The number of aromatic hydroxyl groups is 1. The number of rotatable bonds is 5. The fourth-order valence-corrected chi connectivity index (χ4v) is 2.04. The summed E-state index contributed by atoms with van der Waals surface area (Å²) in [6.45, 7) is 0.563. The first-order chi connectivity index (χ1) is 9.63. The van der Waals surface area contributed by atoms with Crippen LogP contribution in [0.4, 0.5) is 5.69 Å². The minimum absolute atomic E-state index is 0.00139. The summed E-state index contributed by atoms with van der Waals surface area (Å²) >= 11 is 5.93. The van der Waals surface area contributed by atoms with Gasteiger partial charge in [0.15, 0.2) is 11.5 Å². The number of phenolic OH excluding ortho intramolecular Hbond substituents is 1. The third kappa shape index (κ3) is 3.27. The first-order valence-corrected chi connectivity index (χ1v) is 6.45. The van der Waals surface area contributed by atoms with Crippen molar-refractivity contribution in [2.75, 3.05) is 19.5 Å². The SMILES string of the molecule is COc1cc(CNc2cccc(Cl)c2)cc(OC)c1O. The Morgan fingerprint density at radius 3 is 2.30 bits per heavy atom. The van der Waals surface area contributed by atoms with Gasteiger partial charge in [0.25, 0.3) is 0 Å². The average Bonchev–Trinajstić information content (AvgIpc) is 2.46. The van der Waals surface area contributed by atoms with E-state index in [1.165, 1.54) is 14.2 Å². The Kier molecular flexibility index (Phi) is 4.58. The quantitative estimate of drug-likeness (QED) is 0.883. The van der Waals surface area contributed by atoms with E-state index in [4.69, 9.17) is 21.1 Å². The Morgan fingerprint density at radius 1 is 1.10 bits per heavy atom. The lowest BCUT2D eigenvalue weighted by molar-refractivity contribution is 0.339. The molecule has 0 spiro atoms. The van der Waals surface area contributed by atoms with Crippen molar-refractivity contribution in [1.29, 1.82) is 0 Å². The van der Waals surface area contributed by atoms with Crippen molar-refractivity contribution in [3.63, 3.8) is 0 Å². The van der Waals surface area contributed by atoms with Gasteiger partial charge >= 0.3 is 0 Å². The van der Waals surface area contributed by atoms with Gasteiger partial charge in [-0.05, 0) is 35.9 Å². The van der Waals surface area contributed by atoms with E-state index in [9.17, 15) is 5.11 Å². The number of nitrogens with one attached hydrogen (secondary N) is 1. The van der Waals surface area contributed by atoms with Crippen LogP contribution in [0, 0.1) is 0 Å². The Labute approximate surface area is 122 Å². The highest BCUT2D eigenvalue weighted by molar-refractivity contribution is 6.30. The highest BCUT2D eigenvalue weighted by Crippen LogP contribution is 2.37. The Morgan fingerprint density at radius 2 is 1.75 bits per heavy atom. The first kappa shape index (κ1) is 14.3. The fourth-order valence-electron chi connectivity index (χ4n) is 1.85. The molecule has 0 unspecified atom stereocenters. The monoisotopic (exact) mass is 293 g/mol. The number of methoxy groups -OCH3 is 2. The molecular formula is C15H16ClNO3. The van der Waals surface area contributed by atoms with Crippen LogP contribution in [0.2, 0.25) is 5.02 Å². The highest BCUT2D eigenvalue weighted by atomic mass is 35.5. The standard InChI is InChI=1S/C15H16ClNO3/c1-19-13-6-10(7-14(20-2)15(13)18)9-17-12-5-3-4-11(16)8-12/h3-8,17-18H,9H2,1-2H3. The molecule has 2 N–H and O–H groups in total. The average molecular weight is 294 g/mol. The van der Waals surface area contributed by atoms with Gasteiger partial charge in [0.2, 0.25) is 5.75 Å². The number of ether oxygens (including phenoxy) is 2. The van der Waals surface area contributed by atoms with Crippen molar-refractivity contribution in [2.45, 2.75) is 6.54 Å². The molecule has 0 saturated carbocycles. The Hall–Kier alpha value is -2.07. The molecule has 2 aromatic carbocycles. The molecule has 0 aliphatic carbocycles. The van der Waals surface area contributed by atoms with Crippen LogP contribution in [0.1, 0.15) is 5.56 Å². The molecular weight excluding hydrogens is 278 g/mol. The van der Waals surface area contributed by atoms with Gasteiger partial charge < -0.3 is 19.9 Å². The lowest BCUT2D eigenvalue weighted by Crippen LogP contribution is -2.00. The van der Waals surface area contributed by atoms with E-state index in [-0.39, 0.29) is 5.75 Å². The maximum absolute atomic E-state index is 9.85. The molecule has 0 fully saturated rings. The van der Waals surface area contributed by atoms with Gasteiger partial charge in [-0.25, -0.2) is 0 Å². The second-order valence-electron chi connectivity index (χ2n) is 4.21. The minimum atomic E-state index is 0.00139. The third-order valence-corrected chi connectivity index (χ3v) is 3.10. The lowest BCUT2D eigenvalue weighted by Gasteiger charge is -2.12. The fraction of sp³-hybridized carbons (Fsp3) is 0.200. The molecule has 0 aliphatic rings. The number of hydrogen-bond acceptors (Lipinski definition) is 4. The van der Waals surface area contributed by atoms with Crippen LogP contribution in [-0.2, 0) is 6.54 Å². The molecule has 2 rings (SSSR count). The van der Waals surface area contributed by atoms with E-state index in [0.717, 1.165) is 11.3 Å². The summed E-state index contributed by atoms with van der Waals surface area (Å²) in [7, 11) is 3.01. The normalized spacial score (nSPS) is 10.2. The van der Waals surface area contributed by atoms with E-state index >= 15 is 0 Å². The number of anilines is 1. The number of halogens is 1. The predicted octanol–water partition coefficient (Wildman–Crippen LogP) is 3.67. The molecule has 0 amide bonds. The topological polar surface area (TPSA) is 50.7 Å². The van der Waals surface area contributed by atoms with Crippen LogP contribution in [0.25, 0.3) is 0 Å². The van der Waals surface area contributed by atoms with E-state index in [1.807, 2.05) is 24.3 Å². The van der Waals surface area contributed by atoms with Crippen LogP contribution in [0.5, 0.6) is 17.2 Å². The zero-order valence-corrected chi connectivity index (χ0v) is 12.1. The van der Waals surface area contributed by atoms with Crippen molar-refractivity contribution in [2.24, 2.45) is 0 Å². The summed E-state index contributed by atoms with van der Waals surface area (Å²) in [6.07, 6.45) is 0. The summed E-state index contributed by atoms with van der Waals surface area (Å²) in [5.41, 5.74) is 1.85. The molecule has 4 nitrogen and oxygen atoms in total. The van der Waals surface area contributed by atoms with Crippen LogP contribution >= 0.6 is 11.6 Å². The van der Waals surface area contributed by atoms with Gasteiger partial charge in [0, 0.05) is 17.3 Å². The first-order valence-electron chi connectivity index (χ1n) is 6.07. The molecule has 0 aromatic heterocycles. The second-order valence-corrected chi connectivity index (χ2v) is 4.65. The van der Waals surface area contributed by atoms with Crippen molar-refractivity contribution in [3.8, 4) is 17.2 Å². The molecule has 0 saturated heterocycles. The van der Waals surface area contributed by atoms with Crippen LogP contribution in [-0.4, -0.2) is 19.3 Å². The van der Waals surface area contributed by atoms with Gasteiger partial charge in [-0.1, -0.05) is 17.7 Å². The highest BCUT2D eigenvalue weighted by Gasteiger charge is 2.10.